The Hall–Kier alpha value is -0.450. The minimum absolute atomic E-state index is 0.00706. The predicted octanol–water partition coefficient (Wildman–Crippen LogP) is 1.12. The Morgan fingerprint density at radius 2 is 2.00 bits per heavy atom. The van der Waals surface area contributed by atoms with Crippen LogP contribution in [0.3, 0.4) is 0 Å². The average Bonchev–Trinajstić information content (AvgIpc) is 2.33. The van der Waals surface area contributed by atoms with Gasteiger partial charge in [-0.25, -0.2) is 0 Å². The van der Waals surface area contributed by atoms with Crippen LogP contribution in [0.15, 0.2) is 0 Å². The summed E-state index contributed by atoms with van der Waals surface area (Å²) in [5, 5.41) is 30.6. The monoisotopic (exact) mass is 270 g/mol. The summed E-state index contributed by atoms with van der Waals surface area (Å²) in [4.78, 5) is 12.3. The summed E-state index contributed by atoms with van der Waals surface area (Å²) in [6, 6.07) is 0. The number of rotatable bonds is 2. The molecule has 110 valence electrons. The van der Waals surface area contributed by atoms with Gasteiger partial charge in [0, 0.05) is 24.4 Å². The van der Waals surface area contributed by atoms with Crippen LogP contribution in [-0.4, -0.2) is 39.4 Å². The van der Waals surface area contributed by atoms with Crippen LogP contribution in [0.4, 0.5) is 0 Å². The molecule has 2 fully saturated rings. The van der Waals surface area contributed by atoms with E-state index in [0.717, 1.165) is 6.42 Å². The largest absolute Gasteiger partial charge is 0.396 e. The fourth-order valence-electron chi connectivity index (χ4n) is 4.35. The molecular formula is C15H26O4. The van der Waals surface area contributed by atoms with E-state index in [1.54, 1.807) is 6.92 Å². The van der Waals surface area contributed by atoms with Crippen LogP contribution < -0.4 is 0 Å². The first-order chi connectivity index (χ1) is 8.74. The number of Topliss-reactive ketones (excluding diaryl/α,β-unsaturated/α-hetero) is 1. The van der Waals surface area contributed by atoms with Crippen molar-refractivity contribution in [3.05, 3.63) is 0 Å². The summed E-state index contributed by atoms with van der Waals surface area (Å²) in [6.07, 6.45) is 1.52. The van der Waals surface area contributed by atoms with E-state index in [1.807, 2.05) is 13.8 Å². The average molecular weight is 270 g/mol. The second kappa shape index (κ2) is 4.83. The Morgan fingerprint density at radius 3 is 2.58 bits per heavy atom. The van der Waals surface area contributed by atoms with E-state index in [0.29, 0.717) is 19.3 Å². The number of aliphatic hydroxyl groups excluding tert-OH is 2. The normalized spacial score (nSPS) is 48.7. The Bertz CT molecular complexity index is 365. The van der Waals surface area contributed by atoms with E-state index in [-0.39, 0.29) is 24.2 Å². The molecule has 2 aliphatic rings. The summed E-state index contributed by atoms with van der Waals surface area (Å²) in [5.41, 5.74) is -1.62. The number of carbonyl (C=O) groups is 1. The smallest absolute Gasteiger partial charge is 0.139 e. The molecule has 0 aromatic rings. The van der Waals surface area contributed by atoms with E-state index in [4.69, 9.17) is 0 Å². The van der Waals surface area contributed by atoms with Gasteiger partial charge in [0.25, 0.3) is 0 Å². The van der Waals surface area contributed by atoms with Gasteiger partial charge in [-0.3, -0.25) is 4.79 Å². The molecule has 0 saturated heterocycles. The summed E-state index contributed by atoms with van der Waals surface area (Å²) in [5.74, 6) is -0.306. The first kappa shape index (κ1) is 14.9. The van der Waals surface area contributed by atoms with Crippen molar-refractivity contribution in [1.29, 1.82) is 0 Å². The lowest BCUT2D eigenvalue weighted by Crippen LogP contribution is -2.62. The van der Waals surface area contributed by atoms with Crippen molar-refractivity contribution in [2.24, 2.45) is 23.2 Å². The molecule has 6 atom stereocenters. The quantitative estimate of drug-likeness (QED) is 0.703. The SMILES string of the molecule is C[C@H](CO)[C@@H]1CC[C@@]2(C)C(=O)CC[C@@](C)(O)C2[C@H]1O. The molecule has 19 heavy (non-hydrogen) atoms. The summed E-state index contributed by atoms with van der Waals surface area (Å²) < 4.78 is 0. The molecule has 0 heterocycles. The Morgan fingerprint density at radius 1 is 1.37 bits per heavy atom. The molecule has 2 aliphatic carbocycles. The molecular weight excluding hydrogens is 244 g/mol. The van der Waals surface area contributed by atoms with Crippen molar-refractivity contribution in [1.82, 2.24) is 0 Å². The maximum atomic E-state index is 12.3. The fraction of sp³-hybridized carbons (Fsp3) is 0.933. The van der Waals surface area contributed by atoms with Gasteiger partial charge in [0.15, 0.2) is 0 Å². The lowest BCUT2D eigenvalue weighted by atomic mass is 9.51. The number of ketones is 1. The van der Waals surface area contributed by atoms with Gasteiger partial charge >= 0.3 is 0 Å². The van der Waals surface area contributed by atoms with Crippen molar-refractivity contribution < 1.29 is 20.1 Å². The van der Waals surface area contributed by atoms with Crippen LogP contribution >= 0.6 is 0 Å². The molecule has 0 aliphatic heterocycles. The fourth-order valence-corrected chi connectivity index (χ4v) is 4.35. The third-order valence-electron chi connectivity index (χ3n) is 5.65. The third kappa shape index (κ3) is 2.24. The minimum atomic E-state index is -1.00. The maximum absolute atomic E-state index is 12.3. The zero-order valence-corrected chi connectivity index (χ0v) is 12.1. The predicted molar refractivity (Wildman–Crippen MR) is 71.4 cm³/mol. The number of fused-ring (bicyclic) bond motifs is 1. The van der Waals surface area contributed by atoms with Gasteiger partial charge in [-0.15, -0.1) is 0 Å². The van der Waals surface area contributed by atoms with Crippen molar-refractivity contribution in [3.8, 4) is 0 Å². The first-order valence-corrected chi connectivity index (χ1v) is 7.28. The van der Waals surface area contributed by atoms with Gasteiger partial charge in [-0.1, -0.05) is 13.8 Å². The summed E-state index contributed by atoms with van der Waals surface area (Å²) in [7, 11) is 0. The molecule has 0 aromatic heterocycles. The lowest BCUT2D eigenvalue weighted by molar-refractivity contribution is -0.191. The van der Waals surface area contributed by atoms with Gasteiger partial charge < -0.3 is 15.3 Å². The number of hydrogen-bond acceptors (Lipinski definition) is 4. The highest BCUT2D eigenvalue weighted by molar-refractivity contribution is 5.86. The highest BCUT2D eigenvalue weighted by Gasteiger charge is 2.59. The minimum Gasteiger partial charge on any atom is -0.396 e. The molecule has 4 nitrogen and oxygen atoms in total. The van der Waals surface area contributed by atoms with Gasteiger partial charge in [-0.05, 0) is 38.0 Å². The molecule has 3 N–H and O–H groups in total. The van der Waals surface area contributed by atoms with E-state index in [1.165, 1.54) is 0 Å². The zero-order valence-electron chi connectivity index (χ0n) is 12.1. The van der Waals surface area contributed by atoms with Crippen molar-refractivity contribution in [3.63, 3.8) is 0 Å². The molecule has 2 saturated carbocycles. The lowest BCUT2D eigenvalue weighted by Gasteiger charge is -2.56. The zero-order chi connectivity index (χ0) is 14.4. The number of carbonyl (C=O) groups excluding carboxylic acids is 1. The number of hydrogen-bond donors (Lipinski definition) is 3. The van der Waals surface area contributed by atoms with Gasteiger partial charge in [-0.2, -0.15) is 0 Å². The molecule has 0 bridgehead atoms. The van der Waals surface area contributed by atoms with Crippen molar-refractivity contribution in [2.45, 2.75) is 58.2 Å². The van der Waals surface area contributed by atoms with E-state index >= 15 is 0 Å². The van der Waals surface area contributed by atoms with E-state index in [2.05, 4.69) is 0 Å². The number of aliphatic hydroxyl groups is 3. The molecule has 2 rings (SSSR count). The second-order valence-corrected chi connectivity index (χ2v) is 7.03. The van der Waals surface area contributed by atoms with Crippen LogP contribution in [-0.2, 0) is 4.79 Å². The van der Waals surface area contributed by atoms with Crippen LogP contribution in [0.2, 0.25) is 0 Å². The van der Waals surface area contributed by atoms with Gasteiger partial charge in [0.1, 0.15) is 5.78 Å². The standard InChI is InChI=1S/C15H26O4/c1-9(8-16)10-4-6-14(2)11(17)5-7-15(3,19)13(14)12(10)18/h9-10,12-13,16,18-19H,4-8H2,1-3H3/t9-,10+,12+,13?,14+,15-/m1/s1. The van der Waals surface area contributed by atoms with Crippen LogP contribution in [0.1, 0.15) is 46.5 Å². The summed E-state index contributed by atoms with van der Waals surface area (Å²) >= 11 is 0. The van der Waals surface area contributed by atoms with E-state index in [9.17, 15) is 20.1 Å². The second-order valence-electron chi connectivity index (χ2n) is 7.03. The molecule has 0 amide bonds. The maximum Gasteiger partial charge on any atom is 0.139 e. The molecule has 0 radical (unpaired) electrons. The van der Waals surface area contributed by atoms with Gasteiger partial charge in [0.05, 0.1) is 11.7 Å². The van der Waals surface area contributed by atoms with Gasteiger partial charge in [0.2, 0.25) is 0 Å². The topological polar surface area (TPSA) is 77.8 Å². The van der Waals surface area contributed by atoms with Crippen LogP contribution in [0, 0.1) is 23.2 Å². The van der Waals surface area contributed by atoms with Crippen LogP contribution in [0.5, 0.6) is 0 Å². The Balaban J connectivity index is 2.34. The first-order valence-electron chi connectivity index (χ1n) is 7.28. The molecule has 4 heteroatoms. The highest BCUT2D eigenvalue weighted by atomic mass is 16.3. The Labute approximate surface area is 114 Å². The Kier molecular flexibility index (Phi) is 3.80. The van der Waals surface area contributed by atoms with E-state index < -0.39 is 23.0 Å². The van der Waals surface area contributed by atoms with Crippen molar-refractivity contribution in [2.75, 3.05) is 6.61 Å². The summed E-state index contributed by atoms with van der Waals surface area (Å²) in [6.45, 7) is 5.56. The van der Waals surface area contributed by atoms with Crippen molar-refractivity contribution >= 4 is 5.78 Å². The molecule has 0 spiro atoms. The van der Waals surface area contributed by atoms with Crippen LogP contribution in [0.25, 0.3) is 0 Å². The molecule has 1 unspecified atom stereocenters. The molecule has 0 aromatic carbocycles. The highest BCUT2D eigenvalue weighted by Crippen LogP contribution is 2.54. The third-order valence-corrected chi connectivity index (χ3v) is 5.65.